The van der Waals surface area contributed by atoms with Crippen LogP contribution in [0.3, 0.4) is 0 Å². The van der Waals surface area contributed by atoms with Crippen LogP contribution in [-0.2, 0) is 16.6 Å². The molecule has 0 saturated heterocycles. The highest BCUT2D eigenvalue weighted by molar-refractivity contribution is 7.92. The minimum absolute atomic E-state index is 0.0704. The first-order valence-corrected chi connectivity index (χ1v) is 8.12. The van der Waals surface area contributed by atoms with Crippen molar-refractivity contribution in [3.8, 4) is 0 Å². The maximum absolute atomic E-state index is 11.4. The van der Waals surface area contributed by atoms with E-state index < -0.39 is 10.0 Å². The molecular weight excluding hydrogens is 272 g/mol. The van der Waals surface area contributed by atoms with Crippen LogP contribution < -0.4 is 10.0 Å². The molecule has 0 bridgehead atoms. The fraction of sp³-hybridized carbons (Fsp3) is 0.200. The Balaban J connectivity index is 1.95. The quantitative estimate of drug-likeness (QED) is 0.859. The lowest BCUT2D eigenvalue weighted by molar-refractivity contribution is 0.602. The summed E-state index contributed by atoms with van der Waals surface area (Å²) in [5, 5.41) is 3.29. The van der Waals surface area contributed by atoms with E-state index in [9.17, 15) is 8.42 Å². The Morgan fingerprint density at radius 3 is 2.10 bits per heavy atom. The first-order chi connectivity index (χ1) is 9.59. The maximum Gasteiger partial charge on any atom is 0.232 e. The van der Waals surface area contributed by atoms with E-state index >= 15 is 0 Å². The standard InChI is InChI=1S/C15H18N2O2S/c1-2-20(18,19)17-15-10-8-14(9-11-15)16-12-13-6-4-3-5-7-13/h3-11,16-17H,2,12H2,1H3. The molecule has 0 unspecified atom stereocenters. The summed E-state index contributed by atoms with van der Waals surface area (Å²) in [6.45, 7) is 2.35. The van der Waals surface area contributed by atoms with Gasteiger partial charge in [0.1, 0.15) is 0 Å². The van der Waals surface area contributed by atoms with E-state index in [-0.39, 0.29) is 5.75 Å². The number of nitrogens with one attached hydrogen (secondary N) is 2. The molecule has 106 valence electrons. The maximum atomic E-state index is 11.4. The summed E-state index contributed by atoms with van der Waals surface area (Å²) in [6.07, 6.45) is 0. The van der Waals surface area contributed by atoms with E-state index in [1.54, 1.807) is 19.1 Å². The summed E-state index contributed by atoms with van der Waals surface area (Å²) in [4.78, 5) is 0. The zero-order chi connectivity index (χ0) is 14.4. The van der Waals surface area contributed by atoms with Gasteiger partial charge in [-0.25, -0.2) is 8.42 Å². The third-order valence-electron chi connectivity index (χ3n) is 2.88. The van der Waals surface area contributed by atoms with Crippen LogP contribution in [0.2, 0.25) is 0 Å². The number of hydrogen-bond acceptors (Lipinski definition) is 3. The van der Waals surface area contributed by atoms with Gasteiger partial charge in [-0.15, -0.1) is 0 Å². The van der Waals surface area contributed by atoms with Crippen molar-refractivity contribution in [2.45, 2.75) is 13.5 Å². The van der Waals surface area contributed by atoms with E-state index in [4.69, 9.17) is 0 Å². The summed E-state index contributed by atoms with van der Waals surface area (Å²) in [6, 6.07) is 17.3. The fourth-order valence-corrected chi connectivity index (χ4v) is 2.35. The van der Waals surface area contributed by atoms with Crippen molar-refractivity contribution < 1.29 is 8.42 Å². The molecule has 0 saturated carbocycles. The summed E-state index contributed by atoms with van der Waals surface area (Å²) in [7, 11) is -3.21. The first-order valence-electron chi connectivity index (χ1n) is 6.47. The summed E-state index contributed by atoms with van der Waals surface area (Å²) >= 11 is 0. The molecule has 0 spiro atoms. The third-order valence-corrected chi connectivity index (χ3v) is 4.18. The number of anilines is 2. The number of rotatable bonds is 6. The predicted molar refractivity (Wildman–Crippen MR) is 83.3 cm³/mol. The first kappa shape index (κ1) is 14.4. The van der Waals surface area contributed by atoms with E-state index in [0.29, 0.717) is 5.69 Å². The van der Waals surface area contributed by atoms with Crippen molar-refractivity contribution in [3.63, 3.8) is 0 Å². The number of benzene rings is 2. The van der Waals surface area contributed by atoms with Gasteiger partial charge in [0.15, 0.2) is 0 Å². The Bertz CT molecular complexity index is 637. The highest BCUT2D eigenvalue weighted by Crippen LogP contribution is 2.15. The molecule has 20 heavy (non-hydrogen) atoms. The molecule has 5 heteroatoms. The zero-order valence-corrected chi connectivity index (χ0v) is 12.2. The SMILES string of the molecule is CCS(=O)(=O)Nc1ccc(NCc2ccccc2)cc1. The Labute approximate surface area is 119 Å². The fourth-order valence-electron chi connectivity index (χ4n) is 1.71. The predicted octanol–water partition coefficient (Wildman–Crippen LogP) is 3.06. The van der Waals surface area contributed by atoms with Gasteiger partial charge in [-0.1, -0.05) is 30.3 Å². The van der Waals surface area contributed by atoms with Crippen LogP contribution in [0.25, 0.3) is 0 Å². The van der Waals surface area contributed by atoms with Gasteiger partial charge in [-0.3, -0.25) is 4.72 Å². The molecule has 0 amide bonds. The largest absolute Gasteiger partial charge is 0.381 e. The molecular formula is C15H18N2O2S. The lowest BCUT2D eigenvalue weighted by Crippen LogP contribution is -2.14. The Hall–Kier alpha value is -2.01. The van der Waals surface area contributed by atoms with Gasteiger partial charge >= 0.3 is 0 Å². The minimum Gasteiger partial charge on any atom is -0.381 e. The molecule has 0 heterocycles. The van der Waals surface area contributed by atoms with E-state index in [0.717, 1.165) is 12.2 Å². The van der Waals surface area contributed by atoms with Crippen molar-refractivity contribution in [2.75, 3.05) is 15.8 Å². The van der Waals surface area contributed by atoms with Crippen LogP contribution >= 0.6 is 0 Å². The second kappa shape index (κ2) is 6.43. The zero-order valence-electron chi connectivity index (χ0n) is 11.3. The van der Waals surface area contributed by atoms with Crippen LogP contribution in [0.1, 0.15) is 12.5 Å². The normalized spacial score (nSPS) is 11.1. The van der Waals surface area contributed by atoms with Gasteiger partial charge in [0.2, 0.25) is 10.0 Å². The van der Waals surface area contributed by atoms with Crippen molar-refractivity contribution in [3.05, 3.63) is 60.2 Å². The Morgan fingerprint density at radius 2 is 1.50 bits per heavy atom. The van der Waals surface area contributed by atoms with Gasteiger partial charge in [-0.2, -0.15) is 0 Å². The van der Waals surface area contributed by atoms with E-state index in [2.05, 4.69) is 22.2 Å². The number of hydrogen-bond donors (Lipinski definition) is 2. The topological polar surface area (TPSA) is 58.2 Å². The monoisotopic (exact) mass is 290 g/mol. The molecule has 0 fully saturated rings. The van der Waals surface area contributed by atoms with Crippen molar-refractivity contribution in [2.24, 2.45) is 0 Å². The third kappa shape index (κ3) is 4.28. The van der Waals surface area contributed by atoms with Crippen molar-refractivity contribution in [1.29, 1.82) is 0 Å². The molecule has 0 aromatic heterocycles. The molecule has 0 aliphatic heterocycles. The van der Waals surface area contributed by atoms with Gasteiger partial charge in [0.05, 0.1) is 5.75 Å². The second-order valence-corrected chi connectivity index (χ2v) is 6.43. The van der Waals surface area contributed by atoms with Gasteiger partial charge in [0, 0.05) is 17.9 Å². The highest BCUT2D eigenvalue weighted by atomic mass is 32.2. The molecule has 2 aromatic carbocycles. The van der Waals surface area contributed by atoms with Gasteiger partial charge in [0.25, 0.3) is 0 Å². The Morgan fingerprint density at radius 1 is 0.900 bits per heavy atom. The van der Waals surface area contributed by atoms with Crippen LogP contribution in [0.15, 0.2) is 54.6 Å². The molecule has 2 N–H and O–H groups in total. The molecule has 0 aliphatic rings. The summed E-state index contributed by atoms with van der Waals surface area (Å²) in [5.74, 6) is 0.0704. The molecule has 4 nitrogen and oxygen atoms in total. The molecule has 0 aliphatic carbocycles. The van der Waals surface area contributed by atoms with Crippen LogP contribution in [-0.4, -0.2) is 14.2 Å². The summed E-state index contributed by atoms with van der Waals surface area (Å²) < 4.78 is 25.4. The van der Waals surface area contributed by atoms with Crippen molar-refractivity contribution in [1.82, 2.24) is 0 Å². The molecule has 0 radical (unpaired) electrons. The van der Waals surface area contributed by atoms with Crippen LogP contribution in [0.5, 0.6) is 0 Å². The van der Waals surface area contributed by atoms with Crippen LogP contribution in [0, 0.1) is 0 Å². The minimum atomic E-state index is -3.21. The lowest BCUT2D eigenvalue weighted by atomic mass is 10.2. The van der Waals surface area contributed by atoms with Crippen LogP contribution in [0.4, 0.5) is 11.4 Å². The van der Waals surface area contributed by atoms with Gasteiger partial charge < -0.3 is 5.32 Å². The highest BCUT2D eigenvalue weighted by Gasteiger charge is 2.05. The Kier molecular flexibility index (Phi) is 4.63. The average Bonchev–Trinajstić information content (AvgIpc) is 2.47. The van der Waals surface area contributed by atoms with Gasteiger partial charge in [-0.05, 0) is 36.8 Å². The van der Waals surface area contributed by atoms with Crippen molar-refractivity contribution >= 4 is 21.4 Å². The number of sulfonamides is 1. The molecule has 2 rings (SSSR count). The smallest absolute Gasteiger partial charge is 0.232 e. The molecule has 2 aromatic rings. The lowest BCUT2D eigenvalue weighted by Gasteiger charge is -2.09. The average molecular weight is 290 g/mol. The van der Waals surface area contributed by atoms with E-state index in [1.807, 2.05) is 30.3 Å². The summed E-state index contributed by atoms with van der Waals surface area (Å²) in [5.41, 5.74) is 2.73. The van der Waals surface area contributed by atoms with E-state index in [1.165, 1.54) is 5.56 Å². The molecule has 0 atom stereocenters. The second-order valence-electron chi connectivity index (χ2n) is 4.42.